The lowest BCUT2D eigenvalue weighted by molar-refractivity contribution is -0.124. The highest BCUT2D eigenvalue weighted by Gasteiger charge is 2.24. The lowest BCUT2D eigenvalue weighted by atomic mass is 10.1. The van der Waals surface area contributed by atoms with Gasteiger partial charge in [0, 0.05) is 17.6 Å². The van der Waals surface area contributed by atoms with Crippen LogP contribution in [0.1, 0.15) is 25.3 Å². The van der Waals surface area contributed by atoms with Gasteiger partial charge in [0.05, 0.1) is 11.7 Å². The molecule has 1 aliphatic rings. The van der Waals surface area contributed by atoms with Gasteiger partial charge in [0.2, 0.25) is 5.91 Å². The number of carbonyl (C=O) groups excluding carboxylic acids is 1. The van der Waals surface area contributed by atoms with Crippen LogP contribution in [0.4, 0.5) is 5.69 Å². The van der Waals surface area contributed by atoms with E-state index in [0.29, 0.717) is 5.69 Å². The third kappa shape index (κ3) is 1.81. The highest BCUT2D eigenvalue weighted by molar-refractivity contribution is 5.86. The van der Waals surface area contributed by atoms with Crippen molar-refractivity contribution in [1.82, 2.24) is 15.1 Å². The molecule has 0 bridgehead atoms. The van der Waals surface area contributed by atoms with Crippen molar-refractivity contribution in [2.75, 3.05) is 12.3 Å². The minimum absolute atomic E-state index is 0.0555. The van der Waals surface area contributed by atoms with E-state index < -0.39 is 0 Å². The fourth-order valence-electron chi connectivity index (χ4n) is 2.46. The molecule has 0 radical (unpaired) electrons. The maximum Gasteiger partial charge on any atom is 0.244 e. The molecule has 0 spiro atoms. The number of hydrogen-bond donors (Lipinski definition) is 2. The summed E-state index contributed by atoms with van der Waals surface area (Å²) in [6.45, 7) is 0.761. The Hall–Kier alpha value is -2.04. The topological polar surface area (TPSA) is 72.9 Å². The van der Waals surface area contributed by atoms with Crippen LogP contribution in [0.25, 0.3) is 10.9 Å². The number of aromatic nitrogens is 2. The average Bonchev–Trinajstić information content (AvgIpc) is 2.64. The van der Waals surface area contributed by atoms with Gasteiger partial charge >= 0.3 is 0 Å². The number of hydrogen-bond acceptors (Lipinski definition) is 3. The normalized spacial score (nSPS) is 20.7. The van der Waals surface area contributed by atoms with Crippen molar-refractivity contribution in [3.8, 4) is 0 Å². The van der Waals surface area contributed by atoms with Crippen molar-refractivity contribution in [2.24, 2.45) is 0 Å². The summed E-state index contributed by atoms with van der Waals surface area (Å²) in [6.07, 6.45) is 4.68. The highest BCUT2D eigenvalue weighted by Crippen LogP contribution is 2.24. The van der Waals surface area contributed by atoms with Crippen LogP contribution in [0, 0.1) is 0 Å². The van der Waals surface area contributed by atoms with E-state index in [2.05, 4.69) is 10.4 Å². The Kier molecular flexibility index (Phi) is 2.66. The molecule has 1 fully saturated rings. The SMILES string of the molecule is Nc1ccc2cnn(C3CCCCNC3=O)c2c1. The van der Waals surface area contributed by atoms with E-state index in [1.54, 1.807) is 10.9 Å². The van der Waals surface area contributed by atoms with E-state index in [4.69, 9.17) is 5.73 Å². The van der Waals surface area contributed by atoms with Crippen molar-refractivity contribution >= 4 is 22.5 Å². The van der Waals surface area contributed by atoms with E-state index in [1.165, 1.54) is 0 Å². The van der Waals surface area contributed by atoms with Gasteiger partial charge < -0.3 is 11.1 Å². The quantitative estimate of drug-likeness (QED) is 0.746. The zero-order chi connectivity index (χ0) is 12.5. The van der Waals surface area contributed by atoms with Gasteiger partial charge in [0.1, 0.15) is 6.04 Å². The van der Waals surface area contributed by atoms with Gasteiger partial charge in [-0.15, -0.1) is 0 Å². The summed E-state index contributed by atoms with van der Waals surface area (Å²) in [5.74, 6) is 0.0555. The molecule has 18 heavy (non-hydrogen) atoms. The molecule has 1 saturated heterocycles. The van der Waals surface area contributed by atoms with Gasteiger partial charge in [-0.2, -0.15) is 5.10 Å². The third-order valence-electron chi connectivity index (χ3n) is 3.42. The van der Waals surface area contributed by atoms with Crippen LogP contribution in [0.5, 0.6) is 0 Å². The lowest BCUT2D eigenvalue weighted by Crippen LogP contribution is -2.31. The van der Waals surface area contributed by atoms with E-state index >= 15 is 0 Å². The first-order valence-corrected chi connectivity index (χ1v) is 6.26. The molecule has 3 rings (SSSR count). The maximum absolute atomic E-state index is 12.0. The second kappa shape index (κ2) is 4.33. The Bertz CT molecular complexity index is 590. The van der Waals surface area contributed by atoms with Gasteiger partial charge in [-0.25, -0.2) is 0 Å². The molecule has 2 aromatic rings. The standard InChI is InChI=1S/C13H16N4O/c14-10-5-4-9-8-16-17(12(9)7-10)11-3-1-2-6-15-13(11)18/h4-5,7-8,11H,1-3,6,14H2,(H,15,18). The fourth-order valence-corrected chi connectivity index (χ4v) is 2.46. The van der Waals surface area contributed by atoms with Gasteiger partial charge in [0.15, 0.2) is 0 Å². The summed E-state index contributed by atoms with van der Waals surface area (Å²) in [5.41, 5.74) is 7.43. The third-order valence-corrected chi connectivity index (χ3v) is 3.42. The first-order valence-electron chi connectivity index (χ1n) is 6.26. The molecular weight excluding hydrogens is 228 g/mol. The summed E-state index contributed by atoms with van der Waals surface area (Å²) in [6, 6.07) is 5.44. The number of benzene rings is 1. The number of anilines is 1. The zero-order valence-electron chi connectivity index (χ0n) is 10.1. The molecule has 1 aromatic heterocycles. The van der Waals surface area contributed by atoms with Crippen LogP contribution in [-0.2, 0) is 4.79 Å². The Morgan fingerprint density at radius 2 is 2.28 bits per heavy atom. The number of fused-ring (bicyclic) bond motifs is 1. The molecule has 1 aromatic carbocycles. The Morgan fingerprint density at radius 1 is 1.39 bits per heavy atom. The zero-order valence-corrected chi connectivity index (χ0v) is 10.1. The molecule has 3 N–H and O–H groups in total. The predicted octanol–water partition coefficient (Wildman–Crippen LogP) is 1.46. The molecule has 5 heteroatoms. The number of nitrogens with one attached hydrogen (secondary N) is 1. The van der Waals surface area contributed by atoms with Crippen LogP contribution in [0.15, 0.2) is 24.4 Å². The highest BCUT2D eigenvalue weighted by atomic mass is 16.2. The molecule has 1 aliphatic heterocycles. The minimum atomic E-state index is -0.216. The fraction of sp³-hybridized carbons (Fsp3) is 0.385. The second-order valence-electron chi connectivity index (χ2n) is 4.71. The smallest absolute Gasteiger partial charge is 0.244 e. The molecule has 94 valence electrons. The van der Waals surface area contributed by atoms with Crippen LogP contribution in [0.2, 0.25) is 0 Å². The molecule has 1 atom stereocenters. The molecule has 1 amide bonds. The lowest BCUT2D eigenvalue weighted by Gasteiger charge is -2.15. The van der Waals surface area contributed by atoms with Gasteiger partial charge in [0.25, 0.3) is 0 Å². The summed E-state index contributed by atoms with van der Waals surface area (Å²) in [5, 5.41) is 8.30. The number of rotatable bonds is 1. The Morgan fingerprint density at radius 3 is 3.17 bits per heavy atom. The van der Waals surface area contributed by atoms with Gasteiger partial charge in [-0.3, -0.25) is 9.48 Å². The molecule has 2 heterocycles. The first-order chi connectivity index (χ1) is 8.75. The Balaban J connectivity index is 2.07. The van der Waals surface area contributed by atoms with Crippen molar-refractivity contribution in [3.63, 3.8) is 0 Å². The van der Waals surface area contributed by atoms with Crippen LogP contribution < -0.4 is 11.1 Å². The maximum atomic E-state index is 12.0. The van der Waals surface area contributed by atoms with Crippen molar-refractivity contribution in [3.05, 3.63) is 24.4 Å². The molecular formula is C13H16N4O. The summed E-state index contributed by atoms with van der Waals surface area (Å²) in [4.78, 5) is 12.0. The average molecular weight is 244 g/mol. The van der Waals surface area contributed by atoms with Crippen LogP contribution >= 0.6 is 0 Å². The van der Waals surface area contributed by atoms with Crippen molar-refractivity contribution in [1.29, 1.82) is 0 Å². The molecule has 0 saturated carbocycles. The van der Waals surface area contributed by atoms with Gasteiger partial charge in [-0.1, -0.05) is 0 Å². The largest absolute Gasteiger partial charge is 0.399 e. The number of nitrogen functional groups attached to an aromatic ring is 1. The summed E-state index contributed by atoms with van der Waals surface area (Å²) >= 11 is 0. The van der Waals surface area contributed by atoms with Gasteiger partial charge in [-0.05, 0) is 37.5 Å². The predicted molar refractivity (Wildman–Crippen MR) is 70.0 cm³/mol. The van der Waals surface area contributed by atoms with E-state index in [-0.39, 0.29) is 11.9 Å². The molecule has 5 nitrogen and oxygen atoms in total. The number of carbonyl (C=O) groups is 1. The minimum Gasteiger partial charge on any atom is -0.399 e. The molecule has 1 unspecified atom stereocenters. The van der Waals surface area contributed by atoms with E-state index in [1.807, 2.05) is 18.2 Å². The number of nitrogens with two attached hydrogens (primary N) is 1. The van der Waals surface area contributed by atoms with Crippen LogP contribution in [-0.4, -0.2) is 22.2 Å². The summed E-state index contributed by atoms with van der Waals surface area (Å²) in [7, 11) is 0. The van der Waals surface area contributed by atoms with E-state index in [9.17, 15) is 4.79 Å². The monoisotopic (exact) mass is 244 g/mol. The van der Waals surface area contributed by atoms with E-state index in [0.717, 1.165) is 36.7 Å². The van der Waals surface area contributed by atoms with Crippen molar-refractivity contribution < 1.29 is 4.79 Å². The molecule has 0 aliphatic carbocycles. The number of amides is 1. The first kappa shape index (κ1) is 11.1. The Labute approximate surface area is 105 Å². The summed E-state index contributed by atoms with van der Waals surface area (Å²) < 4.78 is 1.80. The van der Waals surface area contributed by atoms with Crippen LogP contribution in [0.3, 0.4) is 0 Å². The number of nitrogens with zero attached hydrogens (tertiary/aromatic N) is 2. The second-order valence-corrected chi connectivity index (χ2v) is 4.71. The van der Waals surface area contributed by atoms with Crippen molar-refractivity contribution in [2.45, 2.75) is 25.3 Å².